The van der Waals surface area contributed by atoms with Gasteiger partial charge in [-0.2, -0.15) is 11.8 Å². The fourth-order valence-electron chi connectivity index (χ4n) is 3.08. The van der Waals surface area contributed by atoms with Gasteiger partial charge in [-0.15, -0.1) is 0 Å². The predicted molar refractivity (Wildman–Crippen MR) is 83.4 cm³/mol. The minimum atomic E-state index is 0.872. The molecule has 0 amide bonds. The van der Waals surface area contributed by atoms with Crippen LogP contribution in [0.15, 0.2) is 16.5 Å². The van der Waals surface area contributed by atoms with Crippen molar-refractivity contribution < 1.29 is 4.42 Å². The Kier molecular flexibility index (Phi) is 6.32. The van der Waals surface area contributed by atoms with Crippen LogP contribution in [0.2, 0.25) is 0 Å². The molecule has 108 valence electrons. The SMILES string of the molecule is CSCc1ccc(CNCCC2CCCC(C)C2)o1. The molecule has 2 atom stereocenters. The number of hydrogen-bond donors (Lipinski definition) is 1. The van der Waals surface area contributed by atoms with Crippen molar-refractivity contribution in [2.45, 2.75) is 51.3 Å². The highest BCUT2D eigenvalue weighted by molar-refractivity contribution is 7.97. The molecular formula is C16H27NOS. The van der Waals surface area contributed by atoms with E-state index in [1.54, 1.807) is 11.8 Å². The summed E-state index contributed by atoms with van der Waals surface area (Å²) in [5, 5.41) is 3.52. The Morgan fingerprint density at radius 1 is 1.32 bits per heavy atom. The van der Waals surface area contributed by atoms with Gasteiger partial charge in [0.25, 0.3) is 0 Å². The van der Waals surface area contributed by atoms with Crippen LogP contribution in [0.3, 0.4) is 0 Å². The first-order valence-corrected chi connectivity index (χ1v) is 8.94. The molecule has 1 aliphatic rings. The molecular weight excluding hydrogens is 254 g/mol. The van der Waals surface area contributed by atoms with E-state index >= 15 is 0 Å². The van der Waals surface area contributed by atoms with Gasteiger partial charge >= 0.3 is 0 Å². The van der Waals surface area contributed by atoms with E-state index < -0.39 is 0 Å². The van der Waals surface area contributed by atoms with E-state index in [9.17, 15) is 0 Å². The lowest BCUT2D eigenvalue weighted by Crippen LogP contribution is -2.20. The van der Waals surface area contributed by atoms with E-state index in [2.05, 4.69) is 30.6 Å². The zero-order valence-corrected chi connectivity index (χ0v) is 13.1. The molecule has 2 rings (SSSR count). The maximum Gasteiger partial charge on any atom is 0.117 e. The van der Waals surface area contributed by atoms with Crippen LogP contribution in [0, 0.1) is 11.8 Å². The quantitative estimate of drug-likeness (QED) is 0.748. The average Bonchev–Trinajstić information content (AvgIpc) is 2.83. The molecule has 1 saturated carbocycles. The number of rotatable bonds is 7. The molecule has 1 aromatic heterocycles. The van der Waals surface area contributed by atoms with Gasteiger partial charge < -0.3 is 9.73 Å². The summed E-state index contributed by atoms with van der Waals surface area (Å²) in [5.41, 5.74) is 0. The summed E-state index contributed by atoms with van der Waals surface area (Å²) in [6.07, 6.45) is 9.16. The molecule has 1 heterocycles. The largest absolute Gasteiger partial charge is 0.464 e. The number of furan rings is 1. The van der Waals surface area contributed by atoms with Gasteiger partial charge in [0, 0.05) is 0 Å². The maximum atomic E-state index is 5.75. The first-order valence-electron chi connectivity index (χ1n) is 7.55. The minimum absolute atomic E-state index is 0.872. The van der Waals surface area contributed by atoms with Crippen molar-refractivity contribution in [1.82, 2.24) is 5.32 Å². The van der Waals surface area contributed by atoms with Gasteiger partial charge in [-0.25, -0.2) is 0 Å². The summed E-state index contributed by atoms with van der Waals surface area (Å²) in [4.78, 5) is 0. The fourth-order valence-corrected chi connectivity index (χ4v) is 3.52. The molecule has 0 radical (unpaired) electrons. The third kappa shape index (κ3) is 5.23. The van der Waals surface area contributed by atoms with Crippen LogP contribution in [-0.4, -0.2) is 12.8 Å². The summed E-state index contributed by atoms with van der Waals surface area (Å²) in [5.74, 6) is 5.02. The van der Waals surface area contributed by atoms with E-state index in [1.807, 2.05) is 0 Å². The summed E-state index contributed by atoms with van der Waals surface area (Å²) in [6, 6.07) is 4.19. The van der Waals surface area contributed by atoms with Crippen LogP contribution in [0.25, 0.3) is 0 Å². The molecule has 0 spiro atoms. The third-order valence-electron chi connectivity index (χ3n) is 4.08. The Balaban J connectivity index is 1.60. The highest BCUT2D eigenvalue weighted by Gasteiger charge is 2.18. The van der Waals surface area contributed by atoms with Crippen molar-refractivity contribution in [1.29, 1.82) is 0 Å². The van der Waals surface area contributed by atoms with Gasteiger partial charge in [-0.3, -0.25) is 0 Å². The Hall–Kier alpha value is -0.410. The third-order valence-corrected chi connectivity index (χ3v) is 4.65. The molecule has 19 heavy (non-hydrogen) atoms. The van der Waals surface area contributed by atoms with Gasteiger partial charge in [0.15, 0.2) is 0 Å². The van der Waals surface area contributed by atoms with Gasteiger partial charge in [-0.05, 0) is 49.6 Å². The van der Waals surface area contributed by atoms with Crippen molar-refractivity contribution in [2.24, 2.45) is 11.8 Å². The van der Waals surface area contributed by atoms with Crippen LogP contribution in [-0.2, 0) is 12.3 Å². The normalized spacial score (nSPS) is 23.7. The number of nitrogens with one attached hydrogen (secondary N) is 1. The number of hydrogen-bond acceptors (Lipinski definition) is 3. The van der Waals surface area contributed by atoms with E-state index in [0.29, 0.717) is 0 Å². The lowest BCUT2D eigenvalue weighted by molar-refractivity contribution is 0.266. The summed E-state index contributed by atoms with van der Waals surface area (Å²) >= 11 is 1.80. The monoisotopic (exact) mass is 281 g/mol. The lowest BCUT2D eigenvalue weighted by atomic mass is 9.81. The zero-order chi connectivity index (χ0) is 13.5. The molecule has 0 aromatic carbocycles. The molecule has 1 aromatic rings. The predicted octanol–water partition coefficient (Wildman–Crippen LogP) is 4.45. The summed E-state index contributed by atoms with van der Waals surface area (Å²) in [7, 11) is 0. The van der Waals surface area contributed by atoms with Crippen LogP contribution < -0.4 is 5.32 Å². The molecule has 1 fully saturated rings. The lowest BCUT2D eigenvalue weighted by Gasteiger charge is -2.26. The van der Waals surface area contributed by atoms with Crippen LogP contribution >= 0.6 is 11.8 Å². The minimum Gasteiger partial charge on any atom is -0.464 e. The van der Waals surface area contributed by atoms with Crippen LogP contribution in [0.1, 0.15) is 50.5 Å². The highest BCUT2D eigenvalue weighted by Crippen LogP contribution is 2.30. The highest BCUT2D eigenvalue weighted by atomic mass is 32.2. The molecule has 0 aliphatic heterocycles. The molecule has 2 unspecified atom stereocenters. The standard InChI is InChI=1S/C16H27NOS/c1-13-4-3-5-14(10-13)8-9-17-11-15-6-7-16(18-15)12-19-2/h6-7,13-14,17H,3-5,8-12H2,1-2H3. The topological polar surface area (TPSA) is 25.2 Å². The Bertz CT molecular complexity index is 363. The van der Waals surface area contributed by atoms with Gasteiger partial charge in [0.05, 0.1) is 12.3 Å². The van der Waals surface area contributed by atoms with E-state index in [-0.39, 0.29) is 0 Å². The Labute approximate surface area is 121 Å². The van der Waals surface area contributed by atoms with Crippen molar-refractivity contribution in [3.63, 3.8) is 0 Å². The van der Waals surface area contributed by atoms with Gasteiger partial charge in [-0.1, -0.05) is 26.2 Å². The average molecular weight is 281 g/mol. The Morgan fingerprint density at radius 3 is 2.95 bits per heavy atom. The maximum absolute atomic E-state index is 5.75. The van der Waals surface area contributed by atoms with Crippen molar-refractivity contribution in [2.75, 3.05) is 12.8 Å². The van der Waals surface area contributed by atoms with Crippen molar-refractivity contribution in [3.8, 4) is 0 Å². The second kappa shape index (κ2) is 8.01. The first-order chi connectivity index (χ1) is 9.28. The summed E-state index contributed by atoms with van der Waals surface area (Å²) in [6.45, 7) is 4.39. The zero-order valence-electron chi connectivity index (χ0n) is 12.3. The molecule has 1 N–H and O–H groups in total. The second-order valence-electron chi connectivity index (χ2n) is 5.90. The number of thioether (sulfide) groups is 1. The molecule has 3 heteroatoms. The molecule has 0 saturated heterocycles. The Morgan fingerprint density at radius 2 is 2.16 bits per heavy atom. The van der Waals surface area contributed by atoms with E-state index in [0.717, 1.165) is 42.2 Å². The van der Waals surface area contributed by atoms with E-state index in [1.165, 1.54) is 32.1 Å². The molecule has 0 bridgehead atoms. The first kappa shape index (κ1) is 15.0. The van der Waals surface area contributed by atoms with Gasteiger partial charge in [0.1, 0.15) is 11.5 Å². The summed E-state index contributed by atoms with van der Waals surface area (Å²) < 4.78 is 5.75. The van der Waals surface area contributed by atoms with Crippen LogP contribution in [0.5, 0.6) is 0 Å². The van der Waals surface area contributed by atoms with Crippen molar-refractivity contribution >= 4 is 11.8 Å². The van der Waals surface area contributed by atoms with Crippen molar-refractivity contribution in [3.05, 3.63) is 23.7 Å². The molecule has 1 aliphatic carbocycles. The fraction of sp³-hybridized carbons (Fsp3) is 0.750. The van der Waals surface area contributed by atoms with Gasteiger partial charge in [0.2, 0.25) is 0 Å². The van der Waals surface area contributed by atoms with E-state index in [4.69, 9.17) is 4.42 Å². The molecule has 2 nitrogen and oxygen atoms in total. The van der Waals surface area contributed by atoms with Crippen LogP contribution in [0.4, 0.5) is 0 Å². The smallest absolute Gasteiger partial charge is 0.117 e. The second-order valence-corrected chi connectivity index (χ2v) is 6.77.